The minimum Gasteiger partial charge on any atom is -0.457 e. The number of aryl methyl sites for hydroxylation is 2. The highest BCUT2D eigenvalue weighted by atomic mass is 16.6. The van der Waals surface area contributed by atoms with Crippen LogP contribution in [-0.2, 0) is 14.3 Å². The van der Waals surface area contributed by atoms with Crippen molar-refractivity contribution in [2.75, 3.05) is 0 Å². The Morgan fingerprint density at radius 3 is 2.50 bits per heavy atom. The molecule has 0 aliphatic carbocycles. The fraction of sp³-hybridized carbons (Fsp3) is 0.375. The minimum atomic E-state index is -0.581. The molecule has 0 fully saturated rings. The van der Waals surface area contributed by atoms with Crippen molar-refractivity contribution in [3.05, 3.63) is 40.5 Å². The molecule has 0 amide bonds. The van der Waals surface area contributed by atoms with Crippen molar-refractivity contribution in [1.82, 2.24) is 0 Å². The van der Waals surface area contributed by atoms with E-state index in [1.165, 1.54) is 6.08 Å². The first-order chi connectivity index (χ1) is 9.17. The molecule has 0 saturated heterocycles. The summed E-state index contributed by atoms with van der Waals surface area (Å²) in [4.78, 5) is 23.7. The number of cyclic esters (lactones) is 1. The van der Waals surface area contributed by atoms with Crippen molar-refractivity contribution >= 4 is 17.7 Å². The number of benzene rings is 1. The molecular formula is C16H18O4. The van der Waals surface area contributed by atoms with Gasteiger partial charge in [-0.3, -0.25) is 0 Å². The van der Waals surface area contributed by atoms with E-state index in [9.17, 15) is 9.59 Å². The van der Waals surface area contributed by atoms with Crippen LogP contribution in [0, 0.1) is 13.8 Å². The SMILES string of the molecule is Cc1cc(C)c2c(c1)/C(=C\C(=O)OC(C)(C)C)OC2=O. The van der Waals surface area contributed by atoms with Gasteiger partial charge in [-0.1, -0.05) is 11.6 Å². The molecule has 0 unspecified atom stereocenters. The first-order valence-corrected chi connectivity index (χ1v) is 6.46. The Morgan fingerprint density at radius 1 is 1.25 bits per heavy atom. The molecule has 1 aliphatic heterocycles. The normalized spacial score (nSPS) is 16.1. The second-order valence-corrected chi connectivity index (χ2v) is 5.94. The number of carbonyl (C=O) groups excluding carboxylic acids is 2. The van der Waals surface area contributed by atoms with Crippen LogP contribution in [-0.4, -0.2) is 17.5 Å². The first kappa shape index (κ1) is 14.3. The van der Waals surface area contributed by atoms with Crippen molar-refractivity contribution in [2.24, 2.45) is 0 Å². The third kappa shape index (κ3) is 2.90. The molecule has 0 bridgehead atoms. The van der Waals surface area contributed by atoms with Crippen LogP contribution in [0.15, 0.2) is 18.2 Å². The molecule has 2 rings (SSSR count). The number of carbonyl (C=O) groups is 2. The van der Waals surface area contributed by atoms with Crippen LogP contribution in [0.4, 0.5) is 0 Å². The van der Waals surface area contributed by atoms with Crippen molar-refractivity contribution in [3.8, 4) is 0 Å². The van der Waals surface area contributed by atoms with E-state index >= 15 is 0 Å². The maximum absolute atomic E-state index is 11.9. The molecule has 4 nitrogen and oxygen atoms in total. The summed E-state index contributed by atoms with van der Waals surface area (Å²) in [6.07, 6.45) is 1.23. The number of hydrogen-bond donors (Lipinski definition) is 0. The van der Waals surface area contributed by atoms with E-state index in [1.807, 2.05) is 26.0 Å². The van der Waals surface area contributed by atoms with E-state index in [1.54, 1.807) is 20.8 Å². The quantitative estimate of drug-likeness (QED) is 0.583. The molecule has 106 valence electrons. The largest absolute Gasteiger partial charge is 0.457 e. The van der Waals surface area contributed by atoms with Crippen LogP contribution in [0.25, 0.3) is 5.76 Å². The lowest BCUT2D eigenvalue weighted by Gasteiger charge is -2.18. The molecule has 0 atom stereocenters. The lowest BCUT2D eigenvalue weighted by Crippen LogP contribution is -2.22. The zero-order valence-corrected chi connectivity index (χ0v) is 12.4. The van der Waals surface area contributed by atoms with Crippen molar-refractivity contribution in [2.45, 2.75) is 40.2 Å². The second-order valence-electron chi connectivity index (χ2n) is 5.94. The monoisotopic (exact) mass is 274 g/mol. The second kappa shape index (κ2) is 4.78. The summed E-state index contributed by atoms with van der Waals surface area (Å²) >= 11 is 0. The molecule has 20 heavy (non-hydrogen) atoms. The molecule has 1 aromatic rings. The molecule has 0 N–H and O–H groups in total. The van der Waals surface area contributed by atoms with E-state index in [4.69, 9.17) is 9.47 Å². The predicted molar refractivity (Wildman–Crippen MR) is 75.2 cm³/mol. The standard InChI is InChI=1S/C16H18O4/c1-9-6-10(2)14-11(7-9)12(19-15(14)18)8-13(17)20-16(3,4)5/h6-8H,1-5H3/b12-8+. The topological polar surface area (TPSA) is 52.6 Å². The van der Waals surface area contributed by atoms with Gasteiger partial charge in [0.1, 0.15) is 11.4 Å². The zero-order chi connectivity index (χ0) is 15.1. The van der Waals surface area contributed by atoms with Gasteiger partial charge in [0.15, 0.2) is 0 Å². The van der Waals surface area contributed by atoms with E-state index < -0.39 is 17.5 Å². The maximum Gasteiger partial charge on any atom is 0.344 e. The Hall–Kier alpha value is -2.10. The van der Waals surface area contributed by atoms with Crippen LogP contribution in [0.1, 0.15) is 47.8 Å². The number of rotatable bonds is 1. The molecular weight excluding hydrogens is 256 g/mol. The Balaban J connectivity index is 2.39. The average Bonchev–Trinajstić information content (AvgIpc) is 2.52. The fourth-order valence-electron chi connectivity index (χ4n) is 2.18. The third-order valence-corrected chi connectivity index (χ3v) is 2.81. The smallest absolute Gasteiger partial charge is 0.344 e. The van der Waals surface area contributed by atoms with Gasteiger partial charge in [0.05, 0.1) is 11.6 Å². The van der Waals surface area contributed by atoms with Crippen molar-refractivity contribution in [3.63, 3.8) is 0 Å². The molecule has 4 heteroatoms. The van der Waals surface area contributed by atoms with Gasteiger partial charge in [0, 0.05) is 5.56 Å². The van der Waals surface area contributed by atoms with Gasteiger partial charge in [-0.15, -0.1) is 0 Å². The highest BCUT2D eigenvalue weighted by Crippen LogP contribution is 2.33. The van der Waals surface area contributed by atoms with Crippen LogP contribution in [0.2, 0.25) is 0 Å². The molecule has 0 aromatic heterocycles. The lowest BCUT2D eigenvalue weighted by molar-refractivity contribution is -0.148. The van der Waals surface area contributed by atoms with Gasteiger partial charge >= 0.3 is 11.9 Å². The summed E-state index contributed by atoms with van der Waals surface area (Å²) < 4.78 is 10.4. The third-order valence-electron chi connectivity index (χ3n) is 2.81. The summed E-state index contributed by atoms with van der Waals surface area (Å²) in [5, 5.41) is 0. The van der Waals surface area contributed by atoms with Gasteiger partial charge in [-0.05, 0) is 46.2 Å². The Kier molecular flexibility index (Phi) is 3.42. The summed E-state index contributed by atoms with van der Waals surface area (Å²) in [7, 11) is 0. The van der Waals surface area contributed by atoms with Gasteiger partial charge in [-0.25, -0.2) is 9.59 Å². The summed E-state index contributed by atoms with van der Waals surface area (Å²) in [6, 6.07) is 3.75. The van der Waals surface area contributed by atoms with E-state index in [0.29, 0.717) is 11.1 Å². The van der Waals surface area contributed by atoms with Crippen molar-refractivity contribution < 1.29 is 19.1 Å². The molecule has 1 aromatic carbocycles. The van der Waals surface area contributed by atoms with E-state index in [-0.39, 0.29) is 5.76 Å². The summed E-state index contributed by atoms with van der Waals surface area (Å²) in [5.41, 5.74) is 2.44. The molecule has 1 heterocycles. The van der Waals surface area contributed by atoms with Gasteiger partial charge in [0.2, 0.25) is 0 Å². The van der Waals surface area contributed by atoms with Crippen LogP contribution >= 0.6 is 0 Å². The first-order valence-electron chi connectivity index (χ1n) is 6.46. The van der Waals surface area contributed by atoms with Crippen LogP contribution in [0.3, 0.4) is 0 Å². The van der Waals surface area contributed by atoms with Crippen molar-refractivity contribution in [1.29, 1.82) is 0 Å². The number of esters is 2. The molecule has 0 radical (unpaired) electrons. The highest BCUT2D eigenvalue weighted by Gasteiger charge is 2.29. The average molecular weight is 274 g/mol. The summed E-state index contributed by atoms with van der Waals surface area (Å²) in [5.74, 6) is -0.689. The number of ether oxygens (including phenoxy) is 2. The Bertz CT molecular complexity index is 618. The molecule has 0 saturated carbocycles. The number of fused-ring (bicyclic) bond motifs is 1. The summed E-state index contributed by atoms with van der Waals surface area (Å²) in [6.45, 7) is 9.13. The van der Waals surface area contributed by atoms with E-state index in [0.717, 1.165) is 11.1 Å². The van der Waals surface area contributed by atoms with Gasteiger partial charge in [-0.2, -0.15) is 0 Å². The van der Waals surface area contributed by atoms with Crippen LogP contribution < -0.4 is 0 Å². The Labute approximate surface area is 118 Å². The molecule has 1 aliphatic rings. The van der Waals surface area contributed by atoms with Gasteiger partial charge < -0.3 is 9.47 Å². The molecule has 0 spiro atoms. The van der Waals surface area contributed by atoms with Crippen LogP contribution in [0.5, 0.6) is 0 Å². The maximum atomic E-state index is 11.9. The van der Waals surface area contributed by atoms with E-state index in [2.05, 4.69) is 0 Å². The zero-order valence-electron chi connectivity index (χ0n) is 12.4. The fourth-order valence-corrected chi connectivity index (χ4v) is 2.18. The highest BCUT2D eigenvalue weighted by molar-refractivity contribution is 6.07. The Morgan fingerprint density at radius 2 is 1.90 bits per heavy atom. The van der Waals surface area contributed by atoms with Gasteiger partial charge in [0.25, 0.3) is 0 Å². The minimum absolute atomic E-state index is 0.256. The predicted octanol–water partition coefficient (Wildman–Crippen LogP) is 3.16. The number of hydrogen-bond acceptors (Lipinski definition) is 4. The lowest BCUT2D eigenvalue weighted by atomic mass is 9.99.